The van der Waals surface area contributed by atoms with Crippen molar-refractivity contribution in [2.75, 3.05) is 13.6 Å². The van der Waals surface area contributed by atoms with Crippen molar-refractivity contribution in [3.8, 4) is 0 Å². The van der Waals surface area contributed by atoms with Gasteiger partial charge in [0.05, 0.1) is 11.6 Å². The fourth-order valence-electron chi connectivity index (χ4n) is 2.87. The van der Waals surface area contributed by atoms with E-state index >= 15 is 0 Å². The summed E-state index contributed by atoms with van der Waals surface area (Å²) in [4.78, 5) is 1.83. The van der Waals surface area contributed by atoms with E-state index in [0.29, 0.717) is 19.0 Å². The molecule has 1 fully saturated rings. The lowest BCUT2D eigenvalue weighted by molar-refractivity contribution is -0.139. The van der Waals surface area contributed by atoms with Crippen molar-refractivity contribution < 1.29 is 17.6 Å². The zero-order valence-corrected chi connectivity index (χ0v) is 11.3. The lowest BCUT2D eigenvalue weighted by Crippen LogP contribution is -2.38. The van der Waals surface area contributed by atoms with Crippen LogP contribution in [0.3, 0.4) is 0 Å². The van der Waals surface area contributed by atoms with Crippen LogP contribution in [0.15, 0.2) is 18.2 Å². The van der Waals surface area contributed by atoms with Gasteiger partial charge in [-0.1, -0.05) is 12.5 Å². The molecule has 1 aromatic carbocycles. The number of alkyl halides is 3. The SMILES string of the molecule is CN1CCCCC(N)C1c1ccc(F)cc1C(F)(F)F. The maximum absolute atomic E-state index is 13.2. The van der Waals surface area contributed by atoms with Crippen LogP contribution in [0.2, 0.25) is 0 Å². The van der Waals surface area contributed by atoms with Crippen LogP contribution in [-0.4, -0.2) is 24.5 Å². The van der Waals surface area contributed by atoms with E-state index in [1.807, 2.05) is 4.90 Å². The third-order valence-corrected chi connectivity index (χ3v) is 3.82. The van der Waals surface area contributed by atoms with Gasteiger partial charge in [-0.15, -0.1) is 0 Å². The predicted molar refractivity (Wildman–Crippen MR) is 68.6 cm³/mol. The Hall–Kier alpha value is -1.14. The fraction of sp³-hybridized carbons (Fsp3) is 0.571. The largest absolute Gasteiger partial charge is 0.416 e. The summed E-state index contributed by atoms with van der Waals surface area (Å²) in [7, 11) is 1.76. The van der Waals surface area contributed by atoms with Gasteiger partial charge >= 0.3 is 6.18 Å². The first-order valence-electron chi connectivity index (χ1n) is 6.63. The Morgan fingerprint density at radius 1 is 1.25 bits per heavy atom. The van der Waals surface area contributed by atoms with Crippen LogP contribution in [-0.2, 0) is 6.18 Å². The maximum Gasteiger partial charge on any atom is 0.416 e. The summed E-state index contributed by atoms with van der Waals surface area (Å²) >= 11 is 0. The maximum atomic E-state index is 13.2. The normalized spacial score (nSPS) is 25.5. The molecule has 0 aliphatic carbocycles. The Labute approximate surface area is 115 Å². The number of likely N-dealkylation sites (tertiary alicyclic amines) is 1. The van der Waals surface area contributed by atoms with Crippen molar-refractivity contribution in [3.63, 3.8) is 0 Å². The van der Waals surface area contributed by atoms with Crippen molar-refractivity contribution in [2.24, 2.45) is 5.73 Å². The molecule has 0 amide bonds. The Morgan fingerprint density at radius 2 is 1.95 bits per heavy atom. The van der Waals surface area contributed by atoms with E-state index in [0.717, 1.165) is 18.9 Å². The van der Waals surface area contributed by atoms with E-state index in [1.54, 1.807) is 7.05 Å². The van der Waals surface area contributed by atoms with Crippen molar-refractivity contribution in [1.82, 2.24) is 4.90 Å². The van der Waals surface area contributed by atoms with Gasteiger partial charge in [0, 0.05) is 6.04 Å². The summed E-state index contributed by atoms with van der Waals surface area (Å²) in [6, 6.07) is 1.92. The summed E-state index contributed by atoms with van der Waals surface area (Å²) in [5, 5.41) is 0. The molecule has 6 heteroatoms. The summed E-state index contributed by atoms with van der Waals surface area (Å²) in [6.07, 6.45) is -2.11. The first kappa shape index (κ1) is 15.3. The van der Waals surface area contributed by atoms with E-state index in [2.05, 4.69) is 0 Å². The highest BCUT2D eigenvalue weighted by Crippen LogP contribution is 2.38. The molecule has 0 saturated carbocycles. The van der Waals surface area contributed by atoms with Crippen LogP contribution >= 0.6 is 0 Å². The van der Waals surface area contributed by atoms with Gasteiger partial charge in [-0.25, -0.2) is 4.39 Å². The molecule has 1 saturated heterocycles. The Morgan fingerprint density at radius 3 is 2.60 bits per heavy atom. The van der Waals surface area contributed by atoms with Crippen LogP contribution in [0.25, 0.3) is 0 Å². The van der Waals surface area contributed by atoms with E-state index < -0.39 is 23.6 Å². The minimum atomic E-state index is -4.58. The van der Waals surface area contributed by atoms with Gasteiger partial charge in [0.15, 0.2) is 0 Å². The van der Waals surface area contributed by atoms with Gasteiger partial charge in [-0.3, -0.25) is 4.90 Å². The number of hydrogen-bond donors (Lipinski definition) is 1. The molecular weight excluding hydrogens is 272 g/mol. The summed E-state index contributed by atoms with van der Waals surface area (Å²) in [5.74, 6) is -0.883. The van der Waals surface area contributed by atoms with Crippen molar-refractivity contribution in [2.45, 2.75) is 37.5 Å². The van der Waals surface area contributed by atoms with Crippen LogP contribution in [0.1, 0.15) is 36.4 Å². The molecule has 2 rings (SSSR count). The number of nitrogens with zero attached hydrogens (tertiary/aromatic N) is 1. The van der Waals surface area contributed by atoms with E-state index in [-0.39, 0.29) is 11.6 Å². The molecule has 2 N–H and O–H groups in total. The zero-order valence-electron chi connectivity index (χ0n) is 11.3. The second-order valence-corrected chi connectivity index (χ2v) is 5.31. The van der Waals surface area contributed by atoms with Gasteiger partial charge in [0.25, 0.3) is 0 Å². The van der Waals surface area contributed by atoms with Gasteiger partial charge in [-0.2, -0.15) is 13.2 Å². The molecule has 0 spiro atoms. The van der Waals surface area contributed by atoms with Crippen molar-refractivity contribution in [1.29, 1.82) is 0 Å². The summed E-state index contributed by atoms with van der Waals surface area (Å²) < 4.78 is 52.5. The molecule has 1 aromatic rings. The summed E-state index contributed by atoms with van der Waals surface area (Å²) in [6.45, 7) is 0.688. The first-order valence-corrected chi connectivity index (χ1v) is 6.63. The highest BCUT2D eigenvalue weighted by molar-refractivity contribution is 5.34. The zero-order chi connectivity index (χ0) is 14.9. The average molecular weight is 290 g/mol. The third-order valence-electron chi connectivity index (χ3n) is 3.82. The Kier molecular flexibility index (Phi) is 4.34. The number of hydrogen-bond acceptors (Lipinski definition) is 2. The van der Waals surface area contributed by atoms with Gasteiger partial charge in [0.1, 0.15) is 5.82 Å². The minimum absolute atomic E-state index is 0.0656. The van der Waals surface area contributed by atoms with Crippen molar-refractivity contribution >= 4 is 0 Å². The molecule has 112 valence electrons. The third kappa shape index (κ3) is 3.12. The topological polar surface area (TPSA) is 29.3 Å². The second kappa shape index (κ2) is 5.69. The number of likely N-dealkylation sites (N-methyl/N-ethyl adjacent to an activating group) is 1. The van der Waals surface area contributed by atoms with Crippen LogP contribution < -0.4 is 5.73 Å². The lowest BCUT2D eigenvalue weighted by atomic mass is 9.92. The molecule has 1 aliphatic rings. The molecule has 0 bridgehead atoms. The van der Waals surface area contributed by atoms with Crippen LogP contribution in [0, 0.1) is 5.82 Å². The molecule has 0 radical (unpaired) electrons. The molecular formula is C14H18F4N2. The monoisotopic (exact) mass is 290 g/mol. The first-order chi connectivity index (χ1) is 9.30. The second-order valence-electron chi connectivity index (χ2n) is 5.31. The molecule has 1 aliphatic heterocycles. The van der Waals surface area contributed by atoms with Gasteiger partial charge in [0.2, 0.25) is 0 Å². The van der Waals surface area contributed by atoms with Gasteiger partial charge in [-0.05, 0) is 44.1 Å². The number of halogens is 4. The highest BCUT2D eigenvalue weighted by atomic mass is 19.4. The van der Waals surface area contributed by atoms with Crippen LogP contribution in [0.5, 0.6) is 0 Å². The van der Waals surface area contributed by atoms with E-state index in [1.165, 1.54) is 6.07 Å². The molecule has 1 heterocycles. The number of benzene rings is 1. The summed E-state index contributed by atoms with van der Waals surface area (Å²) in [5.41, 5.74) is 5.19. The molecule has 2 unspecified atom stereocenters. The van der Waals surface area contributed by atoms with Crippen LogP contribution in [0.4, 0.5) is 17.6 Å². The Balaban J connectivity index is 2.49. The predicted octanol–water partition coefficient (Wildman–Crippen LogP) is 3.33. The quantitative estimate of drug-likeness (QED) is 0.804. The minimum Gasteiger partial charge on any atom is -0.326 e. The molecule has 0 aromatic heterocycles. The van der Waals surface area contributed by atoms with Crippen molar-refractivity contribution in [3.05, 3.63) is 35.1 Å². The molecule has 2 nitrogen and oxygen atoms in total. The fourth-order valence-corrected chi connectivity index (χ4v) is 2.87. The van der Waals surface area contributed by atoms with Gasteiger partial charge < -0.3 is 5.73 Å². The molecule has 20 heavy (non-hydrogen) atoms. The smallest absolute Gasteiger partial charge is 0.326 e. The lowest BCUT2D eigenvalue weighted by Gasteiger charge is -2.32. The Bertz CT molecular complexity index is 461. The van der Waals surface area contributed by atoms with E-state index in [4.69, 9.17) is 5.73 Å². The number of rotatable bonds is 1. The molecule has 2 atom stereocenters. The number of nitrogens with two attached hydrogens (primary N) is 1. The highest BCUT2D eigenvalue weighted by Gasteiger charge is 2.38. The average Bonchev–Trinajstić information content (AvgIpc) is 2.50. The van der Waals surface area contributed by atoms with E-state index in [9.17, 15) is 17.6 Å². The standard InChI is InChI=1S/C14H18F4N2/c1-20-7-3-2-4-12(19)13(20)10-6-5-9(15)8-11(10)14(16,17)18/h5-6,8,12-13H,2-4,7,19H2,1H3.